The zero-order chi connectivity index (χ0) is 15.2. The van der Waals surface area contributed by atoms with Gasteiger partial charge in [0.2, 0.25) is 5.91 Å². The van der Waals surface area contributed by atoms with Crippen LogP contribution in [0.2, 0.25) is 0 Å². The molecule has 112 valence electrons. The zero-order valence-electron chi connectivity index (χ0n) is 12.7. The van der Waals surface area contributed by atoms with Gasteiger partial charge in [-0.1, -0.05) is 25.1 Å². The Morgan fingerprint density at radius 2 is 1.90 bits per heavy atom. The molecule has 0 radical (unpaired) electrons. The predicted molar refractivity (Wildman–Crippen MR) is 89.8 cm³/mol. The maximum Gasteiger partial charge on any atom is 0.241 e. The third kappa shape index (κ3) is 4.41. The minimum Gasteiger partial charge on any atom is -0.325 e. The average molecular weight is 302 g/mol. The molecule has 3 nitrogen and oxygen atoms in total. The maximum absolute atomic E-state index is 12.2. The fraction of sp³-hybridized carbons (Fsp3) is 0.353. The second-order valence-electron chi connectivity index (χ2n) is 5.17. The van der Waals surface area contributed by atoms with Gasteiger partial charge in [0.15, 0.2) is 0 Å². The number of anilines is 1. The minimum atomic E-state index is -0.243. The highest BCUT2D eigenvalue weighted by atomic mass is 32.1. The van der Waals surface area contributed by atoms with Gasteiger partial charge in [0.1, 0.15) is 0 Å². The van der Waals surface area contributed by atoms with Gasteiger partial charge >= 0.3 is 0 Å². The molecule has 1 heterocycles. The van der Waals surface area contributed by atoms with Crippen LogP contribution in [0.4, 0.5) is 5.69 Å². The summed E-state index contributed by atoms with van der Waals surface area (Å²) in [5.41, 5.74) is 2.11. The van der Waals surface area contributed by atoms with Crippen LogP contribution in [-0.2, 0) is 11.2 Å². The van der Waals surface area contributed by atoms with Crippen LogP contribution in [0, 0.1) is 0 Å². The topological polar surface area (TPSA) is 41.1 Å². The van der Waals surface area contributed by atoms with Crippen molar-refractivity contribution >= 4 is 22.9 Å². The molecule has 4 heteroatoms. The summed E-state index contributed by atoms with van der Waals surface area (Å²) >= 11 is 1.70. The van der Waals surface area contributed by atoms with Crippen LogP contribution >= 0.6 is 11.3 Å². The number of benzene rings is 1. The molecule has 2 rings (SSSR count). The number of nitrogens with one attached hydrogen (secondary N) is 2. The van der Waals surface area contributed by atoms with Crippen LogP contribution in [0.1, 0.15) is 37.3 Å². The molecule has 1 amide bonds. The highest BCUT2D eigenvalue weighted by Crippen LogP contribution is 2.19. The summed E-state index contributed by atoms with van der Waals surface area (Å²) in [7, 11) is 0. The molecule has 0 spiro atoms. The number of carbonyl (C=O) groups excluding carboxylic acids is 1. The van der Waals surface area contributed by atoms with Gasteiger partial charge in [-0.15, -0.1) is 11.3 Å². The Balaban J connectivity index is 1.89. The molecule has 0 aliphatic heterocycles. The number of carbonyl (C=O) groups is 1. The average Bonchev–Trinajstić information content (AvgIpc) is 3.02. The van der Waals surface area contributed by atoms with Crippen molar-refractivity contribution < 1.29 is 4.79 Å². The molecule has 0 saturated carbocycles. The van der Waals surface area contributed by atoms with Crippen molar-refractivity contribution in [3.63, 3.8) is 0 Å². The summed E-state index contributed by atoms with van der Waals surface area (Å²) in [5.74, 6) is -0.0114. The first kappa shape index (κ1) is 15.7. The van der Waals surface area contributed by atoms with Crippen molar-refractivity contribution in [2.45, 2.75) is 39.3 Å². The van der Waals surface area contributed by atoms with Crippen molar-refractivity contribution in [3.05, 3.63) is 52.2 Å². The number of amides is 1. The van der Waals surface area contributed by atoms with Crippen molar-refractivity contribution in [1.29, 1.82) is 0 Å². The van der Waals surface area contributed by atoms with E-state index in [2.05, 4.69) is 30.5 Å². The van der Waals surface area contributed by atoms with Crippen LogP contribution < -0.4 is 10.6 Å². The number of hydrogen-bond acceptors (Lipinski definition) is 3. The Bertz CT molecular complexity index is 563. The van der Waals surface area contributed by atoms with E-state index in [0.29, 0.717) is 0 Å². The predicted octanol–water partition coefficient (Wildman–Crippen LogP) is 3.99. The second-order valence-corrected chi connectivity index (χ2v) is 6.14. The Labute approximate surface area is 130 Å². The summed E-state index contributed by atoms with van der Waals surface area (Å²) in [4.78, 5) is 13.4. The van der Waals surface area contributed by atoms with Crippen LogP contribution in [0.25, 0.3) is 0 Å². The second kappa shape index (κ2) is 7.38. The number of thiophene rings is 1. The Kier molecular flexibility index (Phi) is 5.53. The quantitative estimate of drug-likeness (QED) is 0.847. The van der Waals surface area contributed by atoms with Crippen molar-refractivity contribution in [2.75, 3.05) is 5.32 Å². The number of rotatable bonds is 6. The van der Waals surface area contributed by atoms with Gasteiger partial charge in [0.05, 0.1) is 6.04 Å². The highest BCUT2D eigenvalue weighted by Gasteiger charge is 2.16. The molecule has 2 N–H and O–H groups in total. The van der Waals surface area contributed by atoms with Gasteiger partial charge in [0, 0.05) is 16.6 Å². The molecule has 0 bridgehead atoms. The summed E-state index contributed by atoms with van der Waals surface area (Å²) < 4.78 is 0. The van der Waals surface area contributed by atoms with Crippen LogP contribution in [-0.4, -0.2) is 11.9 Å². The maximum atomic E-state index is 12.2. The minimum absolute atomic E-state index is 0.0114. The first-order valence-electron chi connectivity index (χ1n) is 7.29. The van der Waals surface area contributed by atoms with E-state index in [0.717, 1.165) is 12.1 Å². The van der Waals surface area contributed by atoms with E-state index >= 15 is 0 Å². The summed E-state index contributed by atoms with van der Waals surface area (Å²) in [5, 5.41) is 8.32. The summed E-state index contributed by atoms with van der Waals surface area (Å²) in [6.07, 6.45) is 1.00. The van der Waals surface area contributed by atoms with E-state index in [9.17, 15) is 4.79 Å². The fourth-order valence-electron chi connectivity index (χ4n) is 2.14. The smallest absolute Gasteiger partial charge is 0.241 e. The summed E-state index contributed by atoms with van der Waals surface area (Å²) in [6, 6.07) is 12.0. The number of aryl methyl sites for hydroxylation is 1. The Hall–Kier alpha value is -1.65. The van der Waals surface area contributed by atoms with Gasteiger partial charge in [-0.05, 0) is 49.4 Å². The van der Waals surface area contributed by atoms with Crippen LogP contribution in [0.3, 0.4) is 0 Å². The van der Waals surface area contributed by atoms with Gasteiger partial charge in [-0.25, -0.2) is 0 Å². The Morgan fingerprint density at radius 1 is 1.19 bits per heavy atom. The molecular formula is C17H22N2OS. The largest absolute Gasteiger partial charge is 0.325 e. The molecule has 2 atom stereocenters. The van der Waals surface area contributed by atoms with Crippen molar-refractivity contribution in [1.82, 2.24) is 5.32 Å². The molecule has 0 saturated heterocycles. The van der Waals surface area contributed by atoms with Gasteiger partial charge < -0.3 is 5.32 Å². The molecule has 1 aromatic heterocycles. The molecule has 2 unspecified atom stereocenters. The molecular weight excluding hydrogens is 280 g/mol. The lowest BCUT2D eigenvalue weighted by Gasteiger charge is -2.18. The SMILES string of the molecule is CCc1ccc(NC(=O)C(C)NC(C)c2cccs2)cc1. The summed E-state index contributed by atoms with van der Waals surface area (Å²) in [6.45, 7) is 6.08. The normalized spacial score (nSPS) is 13.7. The van der Waals surface area contributed by atoms with E-state index < -0.39 is 0 Å². The van der Waals surface area contributed by atoms with E-state index in [1.54, 1.807) is 11.3 Å². The first-order valence-corrected chi connectivity index (χ1v) is 8.17. The zero-order valence-corrected chi connectivity index (χ0v) is 13.5. The molecule has 0 aliphatic rings. The lowest BCUT2D eigenvalue weighted by Crippen LogP contribution is -2.39. The third-order valence-electron chi connectivity index (χ3n) is 3.49. The van der Waals surface area contributed by atoms with Crippen molar-refractivity contribution in [3.8, 4) is 0 Å². The molecule has 0 aliphatic carbocycles. The Morgan fingerprint density at radius 3 is 2.48 bits per heavy atom. The monoisotopic (exact) mass is 302 g/mol. The first-order chi connectivity index (χ1) is 10.1. The third-order valence-corrected chi connectivity index (χ3v) is 4.55. The number of hydrogen-bond donors (Lipinski definition) is 2. The van der Waals surface area contributed by atoms with Gasteiger partial charge in [0.25, 0.3) is 0 Å². The molecule has 0 fully saturated rings. The van der Waals surface area contributed by atoms with E-state index in [1.807, 2.05) is 42.6 Å². The van der Waals surface area contributed by atoms with Crippen LogP contribution in [0.5, 0.6) is 0 Å². The van der Waals surface area contributed by atoms with E-state index in [-0.39, 0.29) is 18.0 Å². The lowest BCUT2D eigenvalue weighted by atomic mass is 10.1. The van der Waals surface area contributed by atoms with E-state index in [4.69, 9.17) is 0 Å². The van der Waals surface area contributed by atoms with E-state index in [1.165, 1.54) is 10.4 Å². The molecule has 21 heavy (non-hydrogen) atoms. The standard InChI is InChI=1S/C17H22N2OS/c1-4-14-7-9-15(10-8-14)19-17(20)13(3)18-12(2)16-6-5-11-21-16/h5-13,18H,4H2,1-3H3,(H,19,20). The molecule has 2 aromatic rings. The van der Waals surface area contributed by atoms with Crippen molar-refractivity contribution in [2.24, 2.45) is 0 Å². The fourth-order valence-corrected chi connectivity index (χ4v) is 2.89. The molecule has 1 aromatic carbocycles. The lowest BCUT2D eigenvalue weighted by molar-refractivity contribution is -0.117. The highest BCUT2D eigenvalue weighted by molar-refractivity contribution is 7.10. The van der Waals surface area contributed by atoms with Gasteiger partial charge in [-0.3, -0.25) is 10.1 Å². The van der Waals surface area contributed by atoms with Crippen LogP contribution in [0.15, 0.2) is 41.8 Å². The van der Waals surface area contributed by atoms with Gasteiger partial charge in [-0.2, -0.15) is 0 Å².